The maximum Gasteiger partial charge on any atom is -0.00202 e. The Hall–Kier alpha value is -0.820. The third-order valence-corrected chi connectivity index (χ3v) is 3.53. The van der Waals surface area contributed by atoms with Gasteiger partial charge in [-0.05, 0) is 50.8 Å². The van der Waals surface area contributed by atoms with Crippen molar-refractivity contribution in [3.63, 3.8) is 0 Å². The van der Waals surface area contributed by atoms with Gasteiger partial charge in [0.25, 0.3) is 0 Å². The molecule has 0 aliphatic carbocycles. The zero-order valence-electron chi connectivity index (χ0n) is 11.8. The molecular formula is C16H27N. The second-order valence-corrected chi connectivity index (χ2v) is 5.37. The molecule has 0 saturated heterocycles. The summed E-state index contributed by atoms with van der Waals surface area (Å²) in [5.41, 5.74) is 2.85. The first-order valence-electron chi connectivity index (χ1n) is 6.85. The van der Waals surface area contributed by atoms with Gasteiger partial charge >= 0.3 is 0 Å². The smallest absolute Gasteiger partial charge is 0.00202 e. The fourth-order valence-corrected chi connectivity index (χ4v) is 2.44. The molecule has 0 amide bonds. The normalized spacial score (nSPS) is 14.6. The lowest BCUT2D eigenvalue weighted by Crippen LogP contribution is -2.22. The van der Waals surface area contributed by atoms with E-state index < -0.39 is 0 Å². The quantitative estimate of drug-likeness (QED) is 0.755. The van der Waals surface area contributed by atoms with Crippen LogP contribution in [0.25, 0.3) is 0 Å². The van der Waals surface area contributed by atoms with Crippen molar-refractivity contribution in [3.05, 3.63) is 35.4 Å². The van der Waals surface area contributed by atoms with Crippen molar-refractivity contribution in [2.75, 3.05) is 13.6 Å². The Morgan fingerprint density at radius 1 is 1.29 bits per heavy atom. The maximum atomic E-state index is 3.33. The van der Waals surface area contributed by atoms with Crippen molar-refractivity contribution >= 4 is 0 Å². The van der Waals surface area contributed by atoms with E-state index in [2.05, 4.69) is 57.4 Å². The Kier molecular flexibility index (Phi) is 6.28. The van der Waals surface area contributed by atoms with Gasteiger partial charge in [0.15, 0.2) is 0 Å². The lowest BCUT2D eigenvalue weighted by molar-refractivity contribution is 0.371. The Labute approximate surface area is 107 Å². The molecule has 1 rings (SSSR count). The summed E-state index contributed by atoms with van der Waals surface area (Å²) in [6, 6.07) is 8.92. The van der Waals surface area contributed by atoms with Crippen molar-refractivity contribution in [1.29, 1.82) is 0 Å². The van der Waals surface area contributed by atoms with E-state index in [1.165, 1.54) is 30.4 Å². The first-order chi connectivity index (χ1) is 8.15. The Balaban J connectivity index is 2.59. The van der Waals surface area contributed by atoms with Crippen LogP contribution in [-0.2, 0) is 6.42 Å². The van der Waals surface area contributed by atoms with Crippen LogP contribution in [0.1, 0.15) is 37.8 Å². The Bertz CT molecular complexity index is 319. The first kappa shape index (κ1) is 14.2. The molecule has 0 bridgehead atoms. The number of hydrogen-bond donors (Lipinski definition) is 1. The van der Waals surface area contributed by atoms with Gasteiger partial charge in [-0.1, -0.05) is 50.1 Å². The molecule has 2 atom stereocenters. The van der Waals surface area contributed by atoms with Gasteiger partial charge in [-0.2, -0.15) is 0 Å². The highest BCUT2D eigenvalue weighted by Gasteiger charge is 2.12. The molecule has 0 radical (unpaired) electrons. The molecule has 0 saturated carbocycles. The highest BCUT2D eigenvalue weighted by Crippen LogP contribution is 2.19. The van der Waals surface area contributed by atoms with Crippen molar-refractivity contribution < 1.29 is 0 Å². The molecular weight excluding hydrogens is 206 g/mol. The minimum Gasteiger partial charge on any atom is -0.319 e. The highest BCUT2D eigenvalue weighted by atomic mass is 14.8. The van der Waals surface area contributed by atoms with E-state index in [1.807, 2.05) is 0 Å². The Morgan fingerprint density at radius 2 is 2.06 bits per heavy atom. The maximum absolute atomic E-state index is 3.33. The fraction of sp³-hybridized carbons (Fsp3) is 0.625. The topological polar surface area (TPSA) is 12.0 Å². The summed E-state index contributed by atoms with van der Waals surface area (Å²) in [5.74, 6) is 1.59. The summed E-state index contributed by atoms with van der Waals surface area (Å²) >= 11 is 0. The van der Waals surface area contributed by atoms with Crippen LogP contribution in [0.2, 0.25) is 0 Å². The number of hydrogen-bond acceptors (Lipinski definition) is 1. The zero-order chi connectivity index (χ0) is 12.7. The van der Waals surface area contributed by atoms with Gasteiger partial charge in [-0.3, -0.25) is 0 Å². The molecule has 17 heavy (non-hydrogen) atoms. The van der Waals surface area contributed by atoms with Gasteiger partial charge in [0.05, 0.1) is 0 Å². The van der Waals surface area contributed by atoms with E-state index in [-0.39, 0.29) is 0 Å². The van der Waals surface area contributed by atoms with Gasteiger partial charge in [0.1, 0.15) is 0 Å². The van der Waals surface area contributed by atoms with E-state index in [9.17, 15) is 0 Å². The third-order valence-electron chi connectivity index (χ3n) is 3.53. The summed E-state index contributed by atoms with van der Waals surface area (Å²) in [6.07, 6.45) is 3.81. The SMILES string of the molecule is CCC(C)CC(CNC)Cc1cccc(C)c1. The lowest BCUT2D eigenvalue weighted by Gasteiger charge is -2.20. The van der Waals surface area contributed by atoms with Crippen LogP contribution in [0.15, 0.2) is 24.3 Å². The highest BCUT2D eigenvalue weighted by molar-refractivity contribution is 5.22. The van der Waals surface area contributed by atoms with E-state index in [0.29, 0.717) is 0 Å². The zero-order valence-corrected chi connectivity index (χ0v) is 11.8. The molecule has 0 fully saturated rings. The fourth-order valence-electron chi connectivity index (χ4n) is 2.44. The molecule has 0 aliphatic rings. The molecule has 2 unspecified atom stereocenters. The average Bonchev–Trinajstić information content (AvgIpc) is 2.29. The predicted molar refractivity (Wildman–Crippen MR) is 76.4 cm³/mol. The minimum absolute atomic E-state index is 0.761. The molecule has 1 heteroatoms. The molecule has 0 spiro atoms. The third kappa shape index (κ3) is 5.36. The molecule has 0 aromatic heterocycles. The lowest BCUT2D eigenvalue weighted by atomic mass is 9.88. The summed E-state index contributed by atoms with van der Waals surface area (Å²) in [7, 11) is 2.06. The van der Waals surface area contributed by atoms with Gasteiger partial charge < -0.3 is 5.32 Å². The van der Waals surface area contributed by atoms with Crippen LogP contribution >= 0.6 is 0 Å². The van der Waals surface area contributed by atoms with Crippen molar-refractivity contribution in [1.82, 2.24) is 5.32 Å². The number of rotatable bonds is 7. The van der Waals surface area contributed by atoms with Crippen LogP contribution in [0.5, 0.6) is 0 Å². The monoisotopic (exact) mass is 233 g/mol. The van der Waals surface area contributed by atoms with E-state index in [1.54, 1.807) is 0 Å². The van der Waals surface area contributed by atoms with Gasteiger partial charge in [0, 0.05) is 0 Å². The van der Waals surface area contributed by atoms with Crippen LogP contribution in [0, 0.1) is 18.8 Å². The first-order valence-corrected chi connectivity index (χ1v) is 6.85. The summed E-state index contributed by atoms with van der Waals surface area (Å²) in [6.45, 7) is 7.94. The molecule has 1 aromatic rings. The molecule has 1 nitrogen and oxygen atoms in total. The van der Waals surface area contributed by atoms with Crippen molar-refractivity contribution in [2.24, 2.45) is 11.8 Å². The van der Waals surface area contributed by atoms with E-state index in [4.69, 9.17) is 0 Å². The van der Waals surface area contributed by atoms with Gasteiger partial charge in [0.2, 0.25) is 0 Å². The molecule has 0 heterocycles. The molecule has 0 aliphatic heterocycles. The summed E-state index contributed by atoms with van der Waals surface area (Å²) in [4.78, 5) is 0. The van der Waals surface area contributed by atoms with Crippen LogP contribution in [0.4, 0.5) is 0 Å². The largest absolute Gasteiger partial charge is 0.319 e. The number of benzene rings is 1. The molecule has 96 valence electrons. The molecule has 1 aromatic carbocycles. The van der Waals surface area contributed by atoms with Gasteiger partial charge in [-0.15, -0.1) is 0 Å². The predicted octanol–water partition coefficient (Wildman–Crippen LogP) is 3.81. The standard InChI is InChI=1S/C16H27N/c1-5-13(2)9-16(12-17-4)11-15-8-6-7-14(3)10-15/h6-8,10,13,16-17H,5,9,11-12H2,1-4H3. The summed E-state index contributed by atoms with van der Waals surface area (Å²) < 4.78 is 0. The van der Waals surface area contributed by atoms with E-state index in [0.717, 1.165) is 18.4 Å². The second-order valence-electron chi connectivity index (χ2n) is 5.37. The van der Waals surface area contributed by atoms with Crippen molar-refractivity contribution in [3.8, 4) is 0 Å². The molecule has 1 N–H and O–H groups in total. The number of nitrogens with one attached hydrogen (secondary N) is 1. The van der Waals surface area contributed by atoms with Crippen LogP contribution in [-0.4, -0.2) is 13.6 Å². The second kappa shape index (κ2) is 7.50. The van der Waals surface area contributed by atoms with E-state index >= 15 is 0 Å². The van der Waals surface area contributed by atoms with Crippen molar-refractivity contribution in [2.45, 2.75) is 40.0 Å². The Morgan fingerprint density at radius 3 is 2.65 bits per heavy atom. The minimum atomic E-state index is 0.761. The van der Waals surface area contributed by atoms with Gasteiger partial charge in [-0.25, -0.2) is 0 Å². The number of aryl methyl sites for hydroxylation is 1. The average molecular weight is 233 g/mol. The van der Waals surface area contributed by atoms with Crippen LogP contribution in [0.3, 0.4) is 0 Å². The van der Waals surface area contributed by atoms with Crippen LogP contribution < -0.4 is 5.32 Å². The summed E-state index contributed by atoms with van der Waals surface area (Å²) in [5, 5.41) is 3.33.